The van der Waals surface area contributed by atoms with E-state index in [0.29, 0.717) is 16.4 Å². The van der Waals surface area contributed by atoms with Gasteiger partial charge in [-0.3, -0.25) is 14.4 Å². The minimum absolute atomic E-state index is 0.112. The number of anilines is 2. The molecule has 0 spiro atoms. The maximum Gasteiger partial charge on any atom is 0.264 e. The predicted molar refractivity (Wildman–Crippen MR) is 126 cm³/mol. The number of thiazole rings is 1. The molecule has 0 fully saturated rings. The van der Waals surface area contributed by atoms with Gasteiger partial charge in [-0.05, 0) is 73.5 Å². The maximum atomic E-state index is 12.9. The Morgan fingerprint density at radius 2 is 1.61 bits per heavy atom. The van der Waals surface area contributed by atoms with Crippen LogP contribution in [0.15, 0.2) is 71.6 Å². The van der Waals surface area contributed by atoms with E-state index in [2.05, 4.69) is 16.4 Å². The number of aryl methyl sites for hydroxylation is 2. The third kappa shape index (κ3) is 4.17. The summed E-state index contributed by atoms with van der Waals surface area (Å²) in [5.74, 6) is -0.340. The van der Waals surface area contributed by atoms with Crippen molar-refractivity contribution in [1.29, 1.82) is 0 Å². The van der Waals surface area contributed by atoms with Crippen molar-refractivity contribution in [2.45, 2.75) is 18.7 Å². The van der Waals surface area contributed by atoms with Crippen LogP contribution in [0.3, 0.4) is 0 Å². The van der Waals surface area contributed by atoms with Crippen molar-refractivity contribution in [1.82, 2.24) is 4.98 Å². The number of rotatable bonds is 5. The summed E-state index contributed by atoms with van der Waals surface area (Å²) in [6.45, 7) is 4.06. The molecule has 4 aromatic rings. The van der Waals surface area contributed by atoms with E-state index in [4.69, 9.17) is 0 Å². The van der Waals surface area contributed by atoms with E-state index in [0.717, 1.165) is 15.8 Å². The Bertz CT molecular complexity index is 1320. The molecule has 0 aliphatic carbocycles. The van der Waals surface area contributed by atoms with Crippen LogP contribution < -0.4 is 9.62 Å². The van der Waals surface area contributed by atoms with E-state index in [1.807, 2.05) is 26.0 Å². The van der Waals surface area contributed by atoms with Gasteiger partial charge in [0.2, 0.25) is 0 Å². The van der Waals surface area contributed by atoms with Crippen molar-refractivity contribution < 1.29 is 13.2 Å². The van der Waals surface area contributed by atoms with Crippen molar-refractivity contribution in [2.75, 3.05) is 16.7 Å². The summed E-state index contributed by atoms with van der Waals surface area (Å²) in [6, 6.07) is 18.8. The fourth-order valence-electron chi connectivity index (χ4n) is 3.12. The molecule has 0 radical (unpaired) electrons. The van der Waals surface area contributed by atoms with Crippen molar-refractivity contribution in [3.8, 4) is 0 Å². The van der Waals surface area contributed by atoms with Gasteiger partial charge in [0, 0.05) is 12.6 Å². The average molecular weight is 452 g/mol. The Labute approximate surface area is 185 Å². The van der Waals surface area contributed by atoms with Gasteiger partial charge >= 0.3 is 0 Å². The van der Waals surface area contributed by atoms with E-state index in [1.54, 1.807) is 24.3 Å². The van der Waals surface area contributed by atoms with Crippen molar-refractivity contribution in [3.05, 3.63) is 83.4 Å². The predicted octanol–water partition coefficient (Wildman–Crippen LogP) is 4.99. The second-order valence-corrected chi connectivity index (χ2v) is 10.2. The molecule has 4 rings (SSSR count). The highest BCUT2D eigenvalue weighted by molar-refractivity contribution is 7.92. The summed E-state index contributed by atoms with van der Waals surface area (Å²) in [5, 5.41) is 3.31. The molecule has 1 N–H and O–H groups in total. The van der Waals surface area contributed by atoms with Gasteiger partial charge < -0.3 is 0 Å². The molecule has 1 aromatic heterocycles. The summed E-state index contributed by atoms with van der Waals surface area (Å²) in [5.41, 5.74) is 4.08. The smallest absolute Gasteiger partial charge is 0.264 e. The molecule has 8 heteroatoms. The second kappa shape index (κ2) is 8.13. The number of benzene rings is 3. The number of para-hydroxylation sites is 1. The SMILES string of the molecule is Cc1cc2nc(NC(=O)c3ccc(S(=O)(=O)N(C)c4ccccc4)cc3)sc2cc1C. The molecule has 0 saturated heterocycles. The third-order valence-corrected chi connectivity index (χ3v) is 7.85. The fraction of sp³-hybridized carbons (Fsp3) is 0.130. The van der Waals surface area contributed by atoms with E-state index < -0.39 is 10.0 Å². The molecule has 3 aromatic carbocycles. The maximum absolute atomic E-state index is 12.9. The molecular formula is C23H21N3O3S2. The van der Waals surface area contributed by atoms with Gasteiger partial charge in [-0.1, -0.05) is 29.5 Å². The highest BCUT2D eigenvalue weighted by atomic mass is 32.2. The van der Waals surface area contributed by atoms with Crippen LogP contribution in [0.4, 0.5) is 10.8 Å². The van der Waals surface area contributed by atoms with Crippen molar-refractivity contribution in [2.24, 2.45) is 0 Å². The van der Waals surface area contributed by atoms with Gasteiger partial charge in [-0.2, -0.15) is 0 Å². The van der Waals surface area contributed by atoms with Crippen LogP contribution in [-0.2, 0) is 10.0 Å². The van der Waals surface area contributed by atoms with E-state index in [9.17, 15) is 13.2 Å². The zero-order chi connectivity index (χ0) is 22.2. The highest BCUT2D eigenvalue weighted by Gasteiger charge is 2.21. The number of aromatic nitrogens is 1. The first-order valence-corrected chi connectivity index (χ1v) is 11.8. The Kier molecular flexibility index (Phi) is 5.51. The fourth-order valence-corrected chi connectivity index (χ4v) is 5.25. The van der Waals surface area contributed by atoms with Crippen LogP contribution in [0, 0.1) is 13.8 Å². The number of nitrogens with one attached hydrogen (secondary N) is 1. The van der Waals surface area contributed by atoms with Crippen LogP contribution in [-0.4, -0.2) is 26.4 Å². The molecule has 1 heterocycles. The Morgan fingerprint density at radius 1 is 0.968 bits per heavy atom. The van der Waals surface area contributed by atoms with Gasteiger partial charge in [0.25, 0.3) is 15.9 Å². The number of carbonyl (C=O) groups is 1. The van der Waals surface area contributed by atoms with Gasteiger partial charge in [-0.25, -0.2) is 13.4 Å². The molecule has 158 valence electrons. The molecule has 0 unspecified atom stereocenters. The zero-order valence-electron chi connectivity index (χ0n) is 17.3. The van der Waals surface area contributed by atoms with Crippen LogP contribution >= 0.6 is 11.3 Å². The molecular weight excluding hydrogens is 430 g/mol. The third-order valence-electron chi connectivity index (χ3n) is 5.12. The first-order chi connectivity index (χ1) is 14.8. The quantitative estimate of drug-likeness (QED) is 0.464. The summed E-state index contributed by atoms with van der Waals surface area (Å²) in [6.07, 6.45) is 0. The lowest BCUT2D eigenvalue weighted by Crippen LogP contribution is -2.26. The zero-order valence-corrected chi connectivity index (χ0v) is 18.9. The monoisotopic (exact) mass is 451 g/mol. The van der Waals surface area contributed by atoms with Crippen LogP contribution in [0.2, 0.25) is 0 Å². The molecule has 0 bridgehead atoms. The van der Waals surface area contributed by atoms with Crippen molar-refractivity contribution in [3.63, 3.8) is 0 Å². The summed E-state index contributed by atoms with van der Waals surface area (Å²) in [4.78, 5) is 17.2. The lowest BCUT2D eigenvalue weighted by Gasteiger charge is -2.19. The lowest BCUT2D eigenvalue weighted by atomic mass is 10.1. The number of fused-ring (bicyclic) bond motifs is 1. The average Bonchev–Trinajstić information content (AvgIpc) is 3.14. The minimum atomic E-state index is -3.73. The second-order valence-electron chi connectivity index (χ2n) is 7.21. The Hall–Kier alpha value is -3.23. The number of nitrogens with zero attached hydrogens (tertiary/aromatic N) is 2. The van der Waals surface area contributed by atoms with Crippen LogP contribution in [0.5, 0.6) is 0 Å². The summed E-state index contributed by atoms with van der Waals surface area (Å²) in [7, 11) is -2.23. The molecule has 31 heavy (non-hydrogen) atoms. The first kappa shape index (κ1) is 21.0. The normalized spacial score (nSPS) is 11.5. The van der Waals surface area contributed by atoms with E-state index in [1.165, 1.54) is 52.5 Å². The molecule has 0 saturated carbocycles. The van der Waals surface area contributed by atoms with Gasteiger partial charge in [0.05, 0.1) is 20.8 Å². The number of amides is 1. The number of carbonyl (C=O) groups excluding carboxylic acids is 1. The standard InChI is InChI=1S/C23H21N3O3S2/c1-15-13-20-21(14-16(15)2)30-23(24-20)25-22(27)17-9-11-19(12-10-17)31(28,29)26(3)18-7-5-4-6-8-18/h4-14H,1-3H3,(H,24,25,27). The summed E-state index contributed by atoms with van der Waals surface area (Å²) < 4.78 is 28.0. The van der Waals surface area contributed by atoms with Gasteiger partial charge in [0.1, 0.15) is 0 Å². The number of hydrogen-bond acceptors (Lipinski definition) is 5. The van der Waals surface area contributed by atoms with Gasteiger partial charge in [-0.15, -0.1) is 0 Å². The number of sulfonamides is 1. The minimum Gasteiger partial charge on any atom is -0.298 e. The topological polar surface area (TPSA) is 79.4 Å². The van der Waals surface area contributed by atoms with Gasteiger partial charge in [0.15, 0.2) is 5.13 Å². The molecule has 1 amide bonds. The Balaban J connectivity index is 1.53. The highest BCUT2D eigenvalue weighted by Crippen LogP contribution is 2.29. The first-order valence-electron chi connectivity index (χ1n) is 9.59. The van der Waals surface area contributed by atoms with E-state index >= 15 is 0 Å². The largest absolute Gasteiger partial charge is 0.298 e. The van der Waals surface area contributed by atoms with Crippen molar-refractivity contribution >= 4 is 48.3 Å². The van der Waals surface area contributed by atoms with Crippen LogP contribution in [0.1, 0.15) is 21.5 Å². The summed E-state index contributed by atoms with van der Waals surface area (Å²) >= 11 is 1.41. The van der Waals surface area contributed by atoms with Crippen LogP contribution in [0.25, 0.3) is 10.2 Å². The number of hydrogen-bond donors (Lipinski definition) is 1. The molecule has 0 aliphatic rings. The molecule has 0 aliphatic heterocycles. The van der Waals surface area contributed by atoms with E-state index in [-0.39, 0.29) is 10.8 Å². The Morgan fingerprint density at radius 3 is 2.29 bits per heavy atom. The molecule has 6 nitrogen and oxygen atoms in total. The molecule has 0 atom stereocenters. The lowest BCUT2D eigenvalue weighted by molar-refractivity contribution is 0.102.